The number of fused-ring (bicyclic) bond motifs is 12. The fourth-order valence-corrected chi connectivity index (χ4v) is 15.7. The van der Waals surface area contributed by atoms with Crippen molar-refractivity contribution < 1.29 is 57.9 Å². The second-order valence-corrected chi connectivity index (χ2v) is 31.5. The first-order chi connectivity index (χ1) is 60.3. The van der Waals surface area contributed by atoms with Crippen molar-refractivity contribution in [1.82, 2.24) is 19.9 Å². The van der Waals surface area contributed by atoms with E-state index in [1.165, 1.54) is 27.7 Å². The van der Waals surface area contributed by atoms with Crippen LogP contribution in [0.15, 0.2) is 164 Å². The second kappa shape index (κ2) is 33.4. The molecule has 0 fully saturated rings. The Balaban J connectivity index is 0.000000148. The molecule has 0 bridgehead atoms. The number of aromatic nitrogens is 8. The summed E-state index contributed by atoms with van der Waals surface area (Å²) in [6.45, 7) is 32.4. The van der Waals surface area contributed by atoms with Crippen molar-refractivity contribution in [2.24, 2.45) is 28.2 Å². The summed E-state index contributed by atoms with van der Waals surface area (Å²) in [5.41, 5.74) is 24.1. The van der Waals surface area contributed by atoms with E-state index in [4.69, 9.17) is 49.6 Å². The SMILES string of the molecule is [2H]C([2H])(C)c1cc(-c2c(C)ccc3c2oc2nc(C(C)C)ccc23)[n+](C)cc1C(C)C.[2H]C([2H])(C)c1cc(-c2c(C)ccc3c2oc2nc(C(C)C)ccc23)[n+](C)cc1C([2H])(C)C([2H])([2H])[2H].[2H]C([2H])(C)c1cc(-c2c(C)ccc3c2oc2nc(CC)ccc23)[n+](C)cc1C(C)C.[2H]C([2H])(C)c1cc(-c2c(C)ccc3c2oc2nc(CC)ccc23)[n+](C)cc1C([2H])(C)C([2H])([2H])[2H]. The van der Waals surface area contributed by atoms with Crippen molar-refractivity contribution in [3.8, 4) is 45.0 Å². The molecular weight excluding hydrogens is 1400 g/mol. The number of furan rings is 4. The Hall–Kier alpha value is -10.7. The second-order valence-electron chi connectivity index (χ2n) is 31.5. The Bertz CT molecular complexity index is 7100. The molecule has 0 saturated carbocycles. The van der Waals surface area contributed by atoms with E-state index in [2.05, 4.69) is 156 Å². The fourth-order valence-electron chi connectivity index (χ4n) is 15.7. The van der Waals surface area contributed by atoms with Crippen molar-refractivity contribution in [1.29, 1.82) is 0 Å². The minimum absolute atomic E-state index is 0.133. The molecule has 0 amide bonds. The monoisotopic (exact) mass is 1540 g/mol. The van der Waals surface area contributed by atoms with Gasteiger partial charge in [-0.2, -0.15) is 0 Å². The Morgan fingerprint density at radius 2 is 0.570 bits per heavy atom. The third-order valence-corrected chi connectivity index (χ3v) is 22.2. The van der Waals surface area contributed by atoms with Crippen LogP contribution in [0.5, 0.6) is 0 Å². The molecule has 16 rings (SSSR count). The maximum absolute atomic E-state index is 8.64. The van der Waals surface area contributed by atoms with Crippen LogP contribution in [0.2, 0.25) is 0 Å². The van der Waals surface area contributed by atoms with Crippen molar-refractivity contribution in [3.63, 3.8) is 0 Å². The van der Waals surface area contributed by atoms with E-state index in [0.717, 1.165) is 168 Å². The van der Waals surface area contributed by atoms with E-state index in [0.29, 0.717) is 51.3 Å². The number of pyridine rings is 8. The number of rotatable bonds is 16. The highest BCUT2D eigenvalue weighted by Gasteiger charge is 2.30. The zero-order chi connectivity index (χ0) is 95.8. The van der Waals surface area contributed by atoms with Gasteiger partial charge >= 0.3 is 0 Å². The lowest BCUT2D eigenvalue weighted by Gasteiger charge is -2.13. The van der Waals surface area contributed by atoms with Crippen molar-refractivity contribution in [2.75, 3.05) is 0 Å². The van der Waals surface area contributed by atoms with Crippen LogP contribution in [0.1, 0.15) is 271 Å². The first-order valence-electron chi connectivity index (χ1n) is 47.8. The first kappa shape index (κ1) is 62.7. The minimum atomic E-state index is -2.63. The molecule has 0 aliphatic rings. The van der Waals surface area contributed by atoms with Gasteiger partial charge in [-0.15, -0.1) is 0 Å². The van der Waals surface area contributed by atoms with Gasteiger partial charge in [-0.1, -0.05) is 173 Å². The maximum atomic E-state index is 8.64. The molecule has 0 saturated heterocycles. The van der Waals surface area contributed by atoms with Crippen molar-refractivity contribution in [2.45, 2.75) is 226 Å². The molecule has 0 N–H and O–H groups in total. The van der Waals surface area contributed by atoms with Gasteiger partial charge in [0.25, 0.3) is 0 Å². The van der Waals surface area contributed by atoms with E-state index in [-0.39, 0.29) is 40.0 Å². The summed E-state index contributed by atoms with van der Waals surface area (Å²) in [6, 6.07) is 40.0. The van der Waals surface area contributed by atoms with Crippen LogP contribution in [-0.2, 0) is 66.5 Å². The minimum Gasteiger partial charge on any atom is -0.437 e. The molecule has 16 aromatic rings. The summed E-state index contributed by atoms with van der Waals surface area (Å²) in [5, 5.41) is 7.70. The van der Waals surface area contributed by atoms with Gasteiger partial charge in [0.05, 0.1) is 22.3 Å². The molecule has 0 aliphatic heterocycles. The third-order valence-electron chi connectivity index (χ3n) is 22.2. The predicted molar refractivity (Wildman–Crippen MR) is 472 cm³/mol. The van der Waals surface area contributed by atoms with Gasteiger partial charge in [-0.05, 0) is 195 Å². The average Bonchev–Trinajstić information content (AvgIpc) is 0.977. The molecule has 114 heavy (non-hydrogen) atoms. The molecular formula is C102H120N8O4+4. The smallest absolute Gasteiger partial charge is 0.227 e. The lowest BCUT2D eigenvalue weighted by atomic mass is 9.94. The quantitative estimate of drug-likeness (QED) is 0.0878. The Kier molecular flexibility index (Phi) is 18.4. The van der Waals surface area contributed by atoms with Crippen molar-refractivity contribution >= 4 is 88.3 Å². The van der Waals surface area contributed by atoms with Crippen LogP contribution in [0.3, 0.4) is 0 Å². The lowest BCUT2D eigenvalue weighted by molar-refractivity contribution is -0.661. The Morgan fingerprint density at radius 3 is 0.816 bits per heavy atom. The van der Waals surface area contributed by atoms with Gasteiger partial charge in [-0.25, -0.2) is 38.2 Å². The highest BCUT2D eigenvalue weighted by molar-refractivity contribution is 6.12. The van der Waals surface area contributed by atoms with E-state index in [9.17, 15) is 0 Å². The van der Waals surface area contributed by atoms with E-state index < -0.39 is 51.0 Å². The van der Waals surface area contributed by atoms with Gasteiger partial charge in [-0.3, -0.25) is 0 Å². The molecule has 2 atom stereocenters. The van der Waals surface area contributed by atoms with E-state index >= 15 is 0 Å². The highest BCUT2D eigenvalue weighted by Crippen LogP contribution is 2.43. The van der Waals surface area contributed by atoms with Crippen LogP contribution < -0.4 is 18.3 Å². The fraction of sp³-hybridized carbons (Fsp3) is 0.373. The zero-order valence-corrected chi connectivity index (χ0v) is 70.8. The molecule has 12 heterocycles. The first-order valence-corrected chi connectivity index (χ1v) is 39.8. The van der Waals surface area contributed by atoms with Gasteiger partial charge in [0.1, 0.15) is 28.2 Å². The third kappa shape index (κ3) is 15.4. The number of hydrogen-bond acceptors (Lipinski definition) is 8. The van der Waals surface area contributed by atoms with Gasteiger partial charge in [0.2, 0.25) is 45.6 Å². The molecule has 4 aromatic carbocycles. The zero-order valence-electron chi connectivity index (χ0n) is 86.8. The highest BCUT2D eigenvalue weighted by atomic mass is 16.4. The number of nitrogens with zero attached hydrogens (tertiary/aromatic N) is 8. The van der Waals surface area contributed by atoms with E-state index in [1.807, 2.05) is 95.5 Å². The number of benzene rings is 4. The van der Waals surface area contributed by atoms with Crippen LogP contribution >= 0.6 is 0 Å². The molecule has 588 valence electrons. The largest absolute Gasteiger partial charge is 0.437 e. The Morgan fingerprint density at radius 1 is 0.325 bits per heavy atom. The van der Waals surface area contributed by atoms with Gasteiger partial charge < -0.3 is 17.7 Å². The summed E-state index contributed by atoms with van der Waals surface area (Å²) in [7, 11) is 7.59. The molecule has 0 aliphatic carbocycles. The maximum Gasteiger partial charge on any atom is 0.227 e. The van der Waals surface area contributed by atoms with Crippen LogP contribution in [0, 0.1) is 27.7 Å². The summed E-state index contributed by atoms with van der Waals surface area (Å²) in [6.07, 6.45) is 2.31. The predicted octanol–water partition coefficient (Wildman–Crippen LogP) is 25.2. The lowest BCUT2D eigenvalue weighted by Crippen LogP contribution is -2.32. The topological polar surface area (TPSA) is 120 Å². The van der Waals surface area contributed by atoms with Gasteiger partial charge in [0.15, 0.2) is 47.1 Å². The molecule has 0 radical (unpaired) electrons. The number of aryl methyl sites for hydroxylation is 14. The van der Waals surface area contributed by atoms with Gasteiger partial charge in [0, 0.05) is 134 Å². The summed E-state index contributed by atoms with van der Waals surface area (Å²) in [5.74, 6) is -2.93. The van der Waals surface area contributed by atoms with Crippen LogP contribution in [0.25, 0.3) is 133 Å². The molecule has 0 spiro atoms. The normalized spacial score (nSPS) is 15.8. The van der Waals surface area contributed by atoms with Crippen LogP contribution in [0.4, 0.5) is 0 Å². The molecule has 12 heteroatoms. The number of hydrogen-bond donors (Lipinski definition) is 0. The standard InChI is InChI=1S/2C26H31N2O.2C25H29N2O/c2*1-8-18-13-23(28(7)14-21(18)15(2)3)24-17(6)9-10-19-20-11-12-22(16(4)5)27-26(20)29-25(19)24;2*1-7-17-13-22(27(6)14-21(17)15(3)4)23-16(5)9-11-19-20-12-10-18(8-2)26-25(20)28-24(19)23/h2*9-16H,8H2,1-7H3;2*9-15H,7-8H2,1-6H3/q4*+1/i2D3,8D2,15D;8D2;3D3,7D2,15D;7D2. The van der Waals surface area contributed by atoms with Crippen molar-refractivity contribution in [3.05, 3.63) is 236 Å². The molecule has 12 nitrogen and oxygen atoms in total. The summed E-state index contributed by atoms with van der Waals surface area (Å²) >= 11 is 0. The molecule has 12 aromatic heterocycles. The Labute approximate surface area is 697 Å². The average molecular weight is 1540 g/mol. The summed E-state index contributed by atoms with van der Waals surface area (Å²) in [4.78, 5) is 18.8. The van der Waals surface area contributed by atoms with Crippen LogP contribution in [-0.4, -0.2) is 19.9 Å². The molecule has 2 unspecified atom stereocenters. The van der Waals surface area contributed by atoms with E-state index in [1.54, 1.807) is 61.6 Å². The summed E-state index contributed by atoms with van der Waals surface area (Å²) < 4.78 is 165.